The Morgan fingerprint density at radius 3 is 2.32 bits per heavy atom. The third kappa shape index (κ3) is 5.03. The average Bonchev–Trinajstić information content (AvgIpc) is 2.65. The van der Waals surface area contributed by atoms with Crippen molar-refractivity contribution in [3.63, 3.8) is 0 Å². The number of hydrogen-bond donors (Lipinski definition) is 0. The number of carbonyl (C=O) groups excluding carboxylic acids is 1. The maximum atomic E-state index is 12.5. The molecule has 1 aromatic carbocycles. The lowest BCUT2D eigenvalue weighted by Gasteiger charge is -2.34. The Hall–Kier alpha value is -2.40. The van der Waals surface area contributed by atoms with E-state index in [0.29, 0.717) is 13.0 Å². The number of rotatable bonds is 6. The largest absolute Gasteiger partial charge is 0.494 e. The molecule has 2 heterocycles. The summed E-state index contributed by atoms with van der Waals surface area (Å²) in [5.41, 5.74) is 2.30. The first-order chi connectivity index (χ1) is 12.2. The Morgan fingerprint density at radius 2 is 1.68 bits per heavy atom. The van der Waals surface area contributed by atoms with Gasteiger partial charge in [0.2, 0.25) is 5.91 Å². The van der Waals surface area contributed by atoms with Crippen LogP contribution in [0.3, 0.4) is 0 Å². The van der Waals surface area contributed by atoms with Crippen LogP contribution in [0, 0.1) is 0 Å². The van der Waals surface area contributed by atoms with Crippen molar-refractivity contribution < 1.29 is 9.53 Å². The van der Waals surface area contributed by atoms with Crippen LogP contribution in [-0.4, -0.2) is 53.5 Å². The first-order valence-corrected chi connectivity index (χ1v) is 8.85. The zero-order chi connectivity index (χ0) is 17.5. The van der Waals surface area contributed by atoms with Gasteiger partial charge in [0.15, 0.2) is 0 Å². The number of carbonyl (C=O) groups is 1. The van der Waals surface area contributed by atoms with Gasteiger partial charge in [-0.15, -0.1) is 0 Å². The zero-order valence-electron chi connectivity index (χ0n) is 14.7. The summed E-state index contributed by atoms with van der Waals surface area (Å²) in [7, 11) is 0. The Balaban J connectivity index is 1.46. The molecule has 1 aliphatic rings. The van der Waals surface area contributed by atoms with E-state index in [9.17, 15) is 4.79 Å². The molecule has 0 N–H and O–H groups in total. The number of aromatic nitrogens is 1. The molecule has 1 fully saturated rings. The molecule has 1 aromatic heterocycles. The molecule has 0 saturated carbocycles. The monoisotopic (exact) mass is 339 g/mol. The first-order valence-electron chi connectivity index (χ1n) is 8.85. The van der Waals surface area contributed by atoms with E-state index in [1.807, 2.05) is 60.6 Å². The minimum atomic E-state index is 0.202. The summed E-state index contributed by atoms with van der Waals surface area (Å²) in [4.78, 5) is 20.9. The summed E-state index contributed by atoms with van der Waals surface area (Å²) >= 11 is 0. The van der Waals surface area contributed by atoms with Crippen LogP contribution in [0.4, 0.5) is 0 Å². The molecule has 0 spiro atoms. The lowest BCUT2D eigenvalue weighted by Crippen LogP contribution is -2.48. The second-order valence-electron chi connectivity index (χ2n) is 6.27. The predicted octanol–water partition coefficient (Wildman–Crippen LogP) is 2.37. The highest BCUT2D eigenvalue weighted by atomic mass is 16.5. The highest BCUT2D eigenvalue weighted by Crippen LogP contribution is 2.14. The van der Waals surface area contributed by atoms with Crippen molar-refractivity contribution in [3.8, 4) is 5.75 Å². The summed E-state index contributed by atoms with van der Waals surface area (Å²) in [5.74, 6) is 1.05. The van der Waals surface area contributed by atoms with E-state index in [4.69, 9.17) is 4.74 Å². The van der Waals surface area contributed by atoms with Gasteiger partial charge in [-0.05, 0) is 42.3 Å². The third-order valence-corrected chi connectivity index (χ3v) is 4.47. The molecular weight excluding hydrogens is 314 g/mol. The summed E-state index contributed by atoms with van der Waals surface area (Å²) in [6.45, 7) is 6.95. The first kappa shape index (κ1) is 17.4. The van der Waals surface area contributed by atoms with Crippen LogP contribution in [-0.2, 0) is 17.8 Å². The van der Waals surface area contributed by atoms with Gasteiger partial charge >= 0.3 is 0 Å². The molecule has 0 bridgehead atoms. The number of ether oxygens (including phenoxy) is 1. The van der Waals surface area contributed by atoms with Gasteiger partial charge in [0, 0.05) is 45.1 Å². The molecule has 0 unspecified atom stereocenters. The van der Waals surface area contributed by atoms with E-state index in [1.165, 1.54) is 5.56 Å². The van der Waals surface area contributed by atoms with Gasteiger partial charge in [0.25, 0.3) is 0 Å². The predicted molar refractivity (Wildman–Crippen MR) is 97.4 cm³/mol. The van der Waals surface area contributed by atoms with Gasteiger partial charge in [-0.25, -0.2) is 0 Å². The molecule has 0 aliphatic carbocycles. The summed E-state index contributed by atoms with van der Waals surface area (Å²) in [6.07, 6.45) is 4.11. The van der Waals surface area contributed by atoms with E-state index >= 15 is 0 Å². The number of hydrogen-bond acceptors (Lipinski definition) is 4. The van der Waals surface area contributed by atoms with Crippen molar-refractivity contribution >= 4 is 5.91 Å². The number of benzene rings is 1. The van der Waals surface area contributed by atoms with Crippen LogP contribution in [0.15, 0.2) is 48.8 Å². The highest BCUT2D eigenvalue weighted by molar-refractivity contribution is 5.79. The van der Waals surface area contributed by atoms with E-state index in [0.717, 1.165) is 44.0 Å². The van der Waals surface area contributed by atoms with Gasteiger partial charge < -0.3 is 9.64 Å². The standard InChI is InChI=1S/C20H25N3O2/c1-2-25-19-5-3-17(4-6-19)15-20(24)23-13-11-22(12-14-23)16-18-7-9-21-10-8-18/h3-10H,2,11-16H2,1H3. The molecule has 1 aliphatic heterocycles. The molecule has 0 radical (unpaired) electrons. The zero-order valence-corrected chi connectivity index (χ0v) is 14.7. The van der Waals surface area contributed by atoms with E-state index in [2.05, 4.69) is 9.88 Å². The van der Waals surface area contributed by atoms with Crippen molar-refractivity contribution in [2.45, 2.75) is 19.9 Å². The smallest absolute Gasteiger partial charge is 0.227 e. The minimum Gasteiger partial charge on any atom is -0.494 e. The molecule has 1 saturated heterocycles. The van der Waals surface area contributed by atoms with Crippen molar-refractivity contribution in [1.82, 2.24) is 14.8 Å². The van der Waals surface area contributed by atoms with E-state index < -0.39 is 0 Å². The fraction of sp³-hybridized carbons (Fsp3) is 0.400. The van der Waals surface area contributed by atoms with Gasteiger partial charge in [0.05, 0.1) is 13.0 Å². The minimum absolute atomic E-state index is 0.202. The Morgan fingerprint density at radius 1 is 1.00 bits per heavy atom. The maximum Gasteiger partial charge on any atom is 0.227 e. The Bertz CT molecular complexity index is 665. The summed E-state index contributed by atoms with van der Waals surface area (Å²) < 4.78 is 5.44. The van der Waals surface area contributed by atoms with Gasteiger partial charge in [-0.1, -0.05) is 12.1 Å². The molecule has 5 nitrogen and oxygen atoms in total. The van der Waals surface area contributed by atoms with Crippen LogP contribution in [0.2, 0.25) is 0 Å². The lowest BCUT2D eigenvalue weighted by atomic mass is 10.1. The molecule has 132 valence electrons. The maximum absolute atomic E-state index is 12.5. The van der Waals surface area contributed by atoms with Crippen molar-refractivity contribution in [2.75, 3.05) is 32.8 Å². The lowest BCUT2D eigenvalue weighted by molar-refractivity contribution is -0.132. The fourth-order valence-corrected chi connectivity index (χ4v) is 3.06. The SMILES string of the molecule is CCOc1ccc(CC(=O)N2CCN(Cc3ccncc3)CC2)cc1. The van der Waals surface area contributed by atoms with Crippen molar-refractivity contribution in [1.29, 1.82) is 0 Å². The van der Waals surface area contributed by atoms with Crippen LogP contribution < -0.4 is 4.74 Å². The van der Waals surface area contributed by atoms with Gasteiger partial charge in [0.1, 0.15) is 5.75 Å². The average molecular weight is 339 g/mol. The van der Waals surface area contributed by atoms with Crippen molar-refractivity contribution in [3.05, 3.63) is 59.9 Å². The second kappa shape index (κ2) is 8.62. The number of pyridine rings is 1. The van der Waals surface area contributed by atoms with Crippen molar-refractivity contribution in [2.24, 2.45) is 0 Å². The number of piperazine rings is 1. The molecule has 1 amide bonds. The fourth-order valence-electron chi connectivity index (χ4n) is 3.06. The van der Waals surface area contributed by atoms with Crippen LogP contribution in [0.1, 0.15) is 18.1 Å². The summed E-state index contributed by atoms with van der Waals surface area (Å²) in [5, 5.41) is 0. The highest BCUT2D eigenvalue weighted by Gasteiger charge is 2.21. The van der Waals surface area contributed by atoms with E-state index in [1.54, 1.807) is 0 Å². The van der Waals surface area contributed by atoms with Crippen LogP contribution in [0.25, 0.3) is 0 Å². The molecule has 2 aromatic rings. The van der Waals surface area contributed by atoms with Crippen LogP contribution >= 0.6 is 0 Å². The molecule has 0 atom stereocenters. The van der Waals surface area contributed by atoms with Gasteiger partial charge in [-0.3, -0.25) is 14.7 Å². The Labute approximate surface area is 149 Å². The molecular formula is C20H25N3O2. The van der Waals surface area contributed by atoms with E-state index in [-0.39, 0.29) is 5.91 Å². The second-order valence-corrected chi connectivity index (χ2v) is 6.27. The summed E-state index contributed by atoms with van der Waals surface area (Å²) in [6, 6.07) is 11.9. The topological polar surface area (TPSA) is 45.7 Å². The Kier molecular flexibility index (Phi) is 6.01. The van der Waals surface area contributed by atoms with Gasteiger partial charge in [-0.2, -0.15) is 0 Å². The normalized spacial score (nSPS) is 15.2. The molecule has 25 heavy (non-hydrogen) atoms. The molecule has 5 heteroatoms. The van der Waals surface area contributed by atoms with Crippen LogP contribution in [0.5, 0.6) is 5.75 Å². The number of amides is 1. The third-order valence-electron chi connectivity index (χ3n) is 4.47. The quantitative estimate of drug-likeness (QED) is 0.811. The molecule has 3 rings (SSSR count). The number of nitrogens with zero attached hydrogens (tertiary/aromatic N) is 3.